The van der Waals surface area contributed by atoms with E-state index in [-0.39, 0.29) is 16.8 Å². The highest BCUT2D eigenvalue weighted by Crippen LogP contribution is 2.28. The van der Waals surface area contributed by atoms with Crippen LogP contribution in [0.3, 0.4) is 0 Å². The van der Waals surface area contributed by atoms with E-state index in [0.29, 0.717) is 11.1 Å². The Hall–Kier alpha value is -1.07. The molecule has 1 amide bonds. The number of benzene rings is 1. The van der Waals surface area contributed by atoms with Crippen molar-refractivity contribution in [3.63, 3.8) is 0 Å². The summed E-state index contributed by atoms with van der Waals surface area (Å²) in [6.07, 6.45) is 3.15. The third-order valence-corrected chi connectivity index (χ3v) is 5.52. The molecule has 4 nitrogen and oxygen atoms in total. The Morgan fingerprint density at radius 2 is 1.90 bits per heavy atom. The summed E-state index contributed by atoms with van der Waals surface area (Å²) in [5, 5.41) is 0. The molecule has 1 saturated carbocycles. The van der Waals surface area contributed by atoms with E-state index in [0.717, 1.165) is 24.8 Å². The highest BCUT2D eigenvalue weighted by Gasteiger charge is 2.27. The van der Waals surface area contributed by atoms with E-state index in [2.05, 4.69) is 0 Å². The number of rotatable bonds is 3. The molecule has 0 aromatic heterocycles. The van der Waals surface area contributed by atoms with Gasteiger partial charge in [-0.15, -0.1) is 0 Å². The van der Waals surface area contributed by atoms with Gasteiger partial charge in [0.2, 0.25) is 0 Å². The molecular weight excluding hydrogens is 298 g/mol. The molecule has 6 heteroatoms. The molecule has 1 aliphatic carbocycles. The minimum Gasteiger partial charge on any atom is -0.339 e. The van der Waals surface area contributed by atoms with E-state index in [1.165, 1.54) is 6.07 Å². The molecule has 0 N–H and O–H groups in total. The van der Waals surface area contributed by atoms with Gasteiger partial charge in [-0.25, -0.2) is 8.42 Å². The molecule has 2 rings (SSSR count). The molecule has 0 radical (unpaired) electrons. The second-order valence-electron chi connectivity index (χ2n) is 5.35. The molecule has 1 aromatic carbocycles. The van der Waals surface area contributed by atoms with Crippen molar-refractivity contribution in [3.8, 4) is 0 Å². The lowest BCUT2D eigenvalue weighted by molar-refractivity contribution is 0.0651. The van der Waals surface area contributed by atoms with E-state index in [9.17, 15) is 13.2 Å². The monoisotopic (exact) mass is 315 g/mol. The van der Waals surface area contributed by atoms with Gasteiger partial charge in [-0.3, -0.25) is 4.79 Å². The van der Waals surface area contributed by atoms with Crippen LogP contribution in [0.2, 0.25) is 0 Å². The topological polar surface area (TPSA) is 54.5 Å². The summed E-state index contributed by atoms with van der Waals surface area (Å²) < 4.78 is 23.2. The van der Waals surface area contributed by atoms with E-state index >= 15 is 0 Å². The Bertz CT molecular complexity index is 651. The van der Waals surface area contributed by atoms with E-state index in [1.54, 1.807) is 31.9 Å². The van der Waals surface area contributed by atoms with Crippen molar-refractivity contribution in [1.82, 2.24) is 4.90 Å². The summed E-state index contributed by atoms with van der Waals surface area (Å²) in [6, 6.07) is 3.36. The summed E-state index contributed by atoms with van der Waals surface area (Å²) in [5.41, 5.74) is 1.71. The van der Waals surface area contributed by atoms with Gasteiger partial charge in [0.1, 0.15) is 0 Å². The smallest absolute Gasteiger partial charge is 0.261 e. The van der Waals surface area contributed by atoms with E-state index in [1.807, 2.05) is 0 Å². The molecule has 0 unspecified atom stereocenters. The van der Waals surface area contributed by atoms with Crippen LogP contribution in [0, 0.1) is 13.8 Å². The van der Waals surface area contributed by atoms with E-state index in [4.69, 9.17) is 10.7 Å². The Balaban J connectivity index is 2.42. The van der Waals surface area contributed by atoms with Crippen LogP contribution in [0.1, 0.15) is 40.7 Å². The molecule has 0 spiro atoms. The van der Waals surface area contributed by atoms with Crippen molar-refractivity contribution in [2.75, 3.05) is 7.05 Å². The zero-order valence-corrected chi connectivity index (χ0v) is 13.4. The molecule has 110 valence electrons. The van der Waals surface area contributed by atoms with Crippen molar-refractivity contribution in [1.29, 1.82) is 0 Å². The normalized spacial score (nSPS) is 15.8. The van der Waals surface area contributed by atoms with Gasteiger partial charge in [-0.1, -0.05) is 0 Å². The molecule has 1 fully saturated rings. The molecule has 1 aromatic rings. The predicted molar refractivity (Wildman–Crippen MR) is 78.7 cm³/mol. The number of hydrogen-bond acceptors (Lipinski definition) is 3. The lowest BCUT2D eigenvalue weighted by Crippen LogP contribution is -2.41. The number of carbonyl (C=O) groups is 1. The fraction of sp³-hybridized carbons (Fsp3) is 0.500. The Labute approximate surface area is 124 Å². The second kappa shape index (κ2) is 5.37. The van der Waals surface area contributed by atoms with Gasteiger partial charge in [0, 0.05) is 29.3 Å². The van der Waals surface area contributed by atoms with Crippen LogP contribution in [-0.2, 0) is 9.05 Å². The molecule has 0 heterocycles. The van der Waals surface area contributed by atoms with Gasteiger partial charge >= 0.3 is 0 Å². The third-order valence-electron chi connectivity index (χ3n) is 4.07. The molecule has 0 aliphatic heterocycles. The van der Waals surface area contributed by atoms with Crippen molar-refractivity contribution < 1.29 is 13.2 Å². The molecule has 0 saturated heterocycles. The first-order valence-corrected chi connectivity index (χ1v) is 8.86. The third kappa shape index (κ3) is 2.83. The SMILES string of the molecule is Cc1cc(C(=O)N(C)C2CCC2)cc(S(=O)(=O)Cl)c1C. The first-order valence-electron chi connectivity index (χ1n) is 6.55. The maximum atomic E-state index is 12.4. The largest absolute Gasteiger partial charge is 0.339 e. The molecule has 0 atom stereocenters. The minimum absolute atomic E-state index is 0.0181. The van der Waals surface area contributed by atoms with Gasteiger partial charge in [-0.2, -0.15) is 0 Å². The van der Waals surface area contributed by atoms with Gasteiger partial charge in [0.05, 0.1) is 4.90 Å². The Morgan fingerprint density at radius 3 is 2.35 bits per heavy atom. The summed E-state index contributed by atoms with van der Waals surface area (Å²) in [5.74, 6) is -0.153. The summed E-state index contributed by atoms with van der Waals surface area (Å²) in [7, 11) is 3.35. The Morgan fingerprint density at radius 1 is 1.30 bits per heavy atom. The van der Waals surface area contributed by atoms with Crippen molar-refractivity contribution in [3.05, 3.63) is 28.8 Å². The average molecular weight is 316 g/mol. The van der Waals surface area contributed by atoms with Gasteiger partial charge < -0.3 is 4.90 Å². The van der Waals surface area contributed by atoms with Crippen molar-refractivity contribution in [2.45, 2.75) is 44.0 Å². The number of carbonyl (C=O) groups excluding carboxylic acids is 1. The number of hydrogen-bond donors (Lipinski definition) is 0. The lowest BCUT2D eigenvalue weighted by atomic mass is 9.91. The number of nitrogens with zero attached hydrogens (tertiary/aromatic N) is 1. The quantitative estimate of drug-likeness (QED) is 0.806. The fourth-order valence-electron chi connectivity index (χ4n) is 2.35. The summed E-state index contributed by atoms with van der Waals surface area (Å²) in [6.45, 7) is 3.47. The predicted octanol–water partition coefficient (Wildman–Crippen LogP) is 2.86. The number of aryl methyl sites for hydroxylation is 1. The summed E-state index contributed by atoms with van der Waals surface area (Å²) >= 11 is 0. The Kier molecular flexibility index (Phi) is 4.12. The zero-order chi connectivity index (χ0) is 15.1. The highest BCUT2D eigenvalue weighted by atomic mass is 35.7. The second-order valence-corrected chi connectivity index (χ2v) is 7.89. The first-order chi connectivity index (χ1) is 9.21. The first kappa shape index (κ1) is 15.3. The lowest BCUT2D eigenvalue weighted by Gasteiger charge is -2.34. The van der Waals surface area contributed by atoms with Crippen LogP contribution in [0.25, 0.3) is 0 Å². The van der Waals surface area contributed by atoms with Crippen LogP contribution in [0.15, 0.2) is 17.0 Å². The summed E-state index contributed by atoms with van der Waals surface area (Å²) in [4.78, 5) is 14.1. The van der Waals surface area contributed by atoms with Gasteiger partial charge in [-0.05, 0) is 56.4 Å². The standard InChI is InChI=1S/C14H18ClNO3S/c1-9-7-11(8-13(10(9)2)20(15,18)19)14(17)16(3)12-5-4-6-12/h7-8,12H,4-6H2,1-3H3. The van der Waals surface area contributed by atoms with Crippen molar-refractivity contribution >= 4 is 25.6 Å². The minimum atomic E-state index is -3.85. The molecule has 1 aliphatic rings. The molecular formula is C14H18ClNO3S. The maximum absolute atomic E-state index is 12.4. The van der Waals surface area contributed by atoms with Crippen LogP contribution >= 0.6 is 10.7 Å². The van der Waals surface area contributed by atoms with Gasteiger partial charge in [0.25, 0.3) is 15.0 Å². The van der Waals surface area contributed by atoms with Crippen molar-refractivity contribution in [2.24, 2.45) is 0 Å². The van der Waals surface area contributed by atoms with Crippen LogP contribution in [-0.4, -0.2) is 32.3 Å². The average Bonchev–Trinajstić information content (AvgIpc) is 2.27. The maximum Gasteiger partial charge on any atom is 0.261 e. The van der Waals surface area contributed by atoms with E-state index < -0.39 is 9.05 Å². The molecule has 0 bridgehead atoms. The molecule has 20 heavy (non-hydrogen) atoms. The van der Waals surface area contributed by atoms with Gasteiger partial charge in [0.15, 0.2) is 0 Å². The zero-order valence-electron chi connectivity index (χ0n) is 11.8. The van der Waals surface area contributed by atoms with Crippen LogP contribution in [0.5, 0.6) is 0 Å². The van der Waals surface area contributed by atoms with Crippen LogP contribution < -0.4 is 0 Å². The number of halogens is 1. The highest BCUT2D eigenvalue weighted by molar-refractivity contribution is 8.13. The fourth-order valence-corrected chi connectivity index (χ4v) is 3.62. The van der Waals surface area contributed by atoms with Crippen LogP contribution in [0.4, 0.5) is 0 Å². The number of amides is 1.